The van der Waals surface area contributed by atoms with Gasteiger partial charge in [0, 0.05) is 89.6 Å². The van der Waals surface area contributed by atoms with Crippen molar-refractivity contribution in [3.63, 3.8) is 0 Å². The fraction of sp³-hybridized carbons (Fsp3) is 0.619. The third-order valence-electron chi connectivity index (χ3n) is 11.9. The molecule has 0 aliphatic carbocycles. The summed E-state index contributed by atoms with van der Waals surface area (Å²) in [6.07, 6.45) is 3.14. The first kappa shape index (κ1) is 41.2. The molecule has 4 aliphatic rings. The number of urea groups is 1. The van der Waals surface area contributed by atoms with Crippen LogP contribution in [0.3, 0.4) is 0 Å². The number of phenolic OH excluding ortho intramolecular Hbond substituents is 1. The molecule has 306 valence electrons. The van der Waals surface area contributed by atoms with Gasteiger partial charge in [0.05, 0.1) is 13.2 Å². The van der Waals surface area contributed by atoms with Crippen LogP contribution in [0.2, 0.25) is 0 Å². The number of piperazine rings is 1. The Labute approximate surface area is 331 Å². The van der Waals surface area contributed by atoms with E-state index >= 15 is 0 Å². The van der Waals surface area contributed by atoms with Gasteiger partial charge in [0.25, 0.3) is 5.91 Å². The SMILES string of the molecule is Cc1cc(C[C@@H](OC(=O)N2CCC(N3CCc4ccccc4NC3=O)CC2)C(=O)N2CCC(N3CCN(CC(=O)OCCCN(C)C)CC3)CC2)cc(C)c1O. The van der Waals surface area contributed by atoms with Crippen molar-refractivity contribution in [3.05, 3.63) is 58.7 Å². The van der Waals surface area contributed by atoms with Gasteiger partial charge in [-0.15, -0.1) is 0 Å². The van der Waals surface area contributed by atoms with Crippen LogP contribution >= 0.6 is 0 Å². The van der Waals surface area contributed by atoms with Gasteiger partial charge in [-0.05, 0) is 94.8 Å². The Morgan fingerprint density at radius 1 is 0.875 bits per heavy atom. The van der Waals surface area contributed by atoms with Crippen molar-refractivity contribution in [2.75, 3.05) is 98.0 Å². The smallest absolute Gasteiger partial charge is 0.410 e. The van der Waals surface area contributed by atoms with Gasteiger partial charge in [-0.2, -0.15) is 0 Å². The minimum atomic E-state index is -1.01. The summed E-state index contributed by atoms with van der Waals surface area (Å²) in [7, 11) is 4.01. The van der Waals surface area contributed by atoms with Crippen LogP contribution in [0.1, 0.15) is 54.4 Å². The predicted molar refractivity (Wildman–Crippen MR) is 214 cm³/mol. The number of anilines is 1. The molecule has 0 saturated carbocycles. The van der Waals surface area contributed by atoms with Crippen LogP contribution in [0, 0.1) is 13.8 Å². The molecule has 14 heteroatoms. The van der Waals surface area contributed by atoms with Crippen molar-refractivity contribution < 1.29 is 33.8 Å². The molecule has 4 heterocycles. The van der Waals surface area contributed by atoms with E-state index < -0.39 is 12.2 Å². The number of piperidine rings is 2. The summed E-state index contributed by atoms with van der Waals surface area (Å²) < 4.78 is 11.5. The number of likely N-dealkylation sites (tertiary alicyclic amines) is 2. The molecule has 1 atom stereocenters. The van der Waals surface area contributed by atoms with E-state index in [2.05, 4.69) is 20.0 Å². The van der Waals surface area contributed by atoms with E-state index in [-0.39, 0.29) is 36.1 Å². The minimum Gasteiger partial charge on any atom is -0.507 e. The first-order valence-corrected chi connectivity index (χ1v) is 20.4. The molecule has 3 fully saturated rings. The van der Waals surface area contributed by atoms with Crippen molar-refractivity contribution in [3.8, 4) is 5.75 Å². The summed E-state index contributed by atoms with van der Waals surface area (Å²) in [5, 5.41) is 13.5. The van der Waals surface area contributed by atoms with Gasteiger partial charge in [-0.3, -0.25) is 19.4 Å². The standard InChI is InChI=1S/C42H61N7O7/c1-30-26-32(27-31(2)39(30)51)28-37(56-42(54)48-18-13-35(14-19-48)49-20-10-33-8-5-6-9-36(33)43-41(49)53)40(52)47-16-11-34(12-17-47)46-23-21-45(22-24-46)29-38(50)55-25-7-15-44(3)4/h5-6,8-9,26-27,34-35,37,51H,7,10-25,28-29H2,1-4H3,(H,43,53)/t37-/m1/s1. The fourth-order valence-electron chi connectivity index (χ4n) is 8.59. The summed E-state index contributed by atoms with van der Waals surface area (Å²) in [4.78, 5) is 65.5. The van der Waals surface area contributed by atoms with Gasteiger partial charge in [-0.25, -0.2) is 9.59 Å². The number of hydrogen-bond acceptors (Lipinski definition) is 10. The van der Waals surface area contributed by atoms with Crippen LogP contribution in [0.25, 0.3) is 0 Å². The maximum absolute atomic E-state index is 14.2. The van der Waals surface area contributed by atoms with Crippen LogP contribution in [0.4, 0.5) is 15.3 Å². The second-order valence-electron chi connectivity index (χ2n) is 16.1. The lowest BCUT2D eigenvalue weighted by atomic mass is 9.98. The fourth-order valence-corrected chi connectivity index (χ4v) is 8.59. The first-order chi connectivity index (χ1) is 26.9. The van der Waals surface area contributed by atoms with E-state index in [0.29, 0.717) is 75.9 Å². The molecular formula is C42H61N7O7. The number of benzene rings is 2. The highest BCUT2D eigenvalue weighted by Crippen LogP contribution is 2.28. The molecule has 4 aliphatic heterocycles. The Morgan fingerprint density at radius 3 is 2.20 bits per heavy atom. The van der Waals surface area contributed by atoms with Gasteiger partial charge in [0.1, 0.15) is 5.75 Å². The van der Waals surface area contributed by atoms with E-state index in [0.717, 1.165) is 75.2 Å². The largest absolute Gasteiger partial charge is 0.507 e. The number of nitrogens with one attached hydrogen (secondary N) is 1. The Morgan fingerprint density at radius 2 is 1.52 bits per heavy atom. The summed E-state index contributed by atoms with van der Waals surface area (Å²) in [5.41, 5.74) is 4.20. The highest BCUT2D eigenvalue weighted by Gasteiger charge is 2.37. The van der Waals surface area contributed by atoms with E-state index in [1.807, 2.05) is 74.1 Å². The molecule has 6 rings (SSSR count). The highest BCUT2D eigenvalue weighted by atomic mass is 16.6. The molecule has 4 amide bonds. The number of carbonyl (C=O) groups is 4. The molecule has 0 bridgehead atoms. The average molecular weight is 776 g/mol. The molecule has 3 saturated heterocycles. The molecule has 0 aromatic heterocycles. The molecule has 0 unspecified atom stereocenters. The molecular weight excluding hydrogens is 715 g/mol. The Kier molecular flexibility index (Phi) is 14.1. The van der Waals surface area contributed by atoms with Gasteiger partial charge < -0.3 is 39.5 Å². The molecule has 14 nitrogen and oxygen atoms in total. The van der Waals surface area contributed by atoms with E-state index in [1.54, 1.807) is 4.90 Å². The van der Waals surface area contributed by atoms with Crippen molar-refractivity contribution in [1.29, 1.82) is 0 Å². The number of carbonyl (C=O) groups excluding carboxylic acids is 4. The second-order valence-corrected chi connectivity index (χ2v) is 16.1. The molecule has 0 radical (unpaired) electrons. The van der Waals surface area contributed by atoms with Crippen LogP contribution in [-0.2, 0) is 31.9 Å². The van der Waals surface area contributed by atoms with E-state index in [4.69, 9.17) is 9.47 Å². The Bertz CT molecular complexity index is 1660. The number of aryl methyl sites for hydroxylation is 2. The number of amides is 4. The zero-order valence-corrected chi connectivity index (χ0v) is 33.7. The van der Waals surface area contributed by atoms with Crippen LogP contribution in [0.15, 0.2) is 36.4 Å². The lowest BCUT2D eigenvalue weighted by Crippen LogP contribution is -2.55. The van der Waals surface area contributed by atoms with Crippen molar-refractivity contribution in [1.82, 2.24) is 29.4 Å². The maximum atomic E-state index is 14.2. The van der Waals surface area contributed by atoms with Gasteiger partial charge in [0.2, 0.25) is 0 Å². The predicted octanol–water partition coefficient (Wildman–Crippen LogP) is 3.71. The van der Waals surface area contributed by atoms with Crippen LogP contribution in [-0.4, -0.2) is 169 Å². The van der Waals surface area contributed by atoms with Crippen LogP contribution in [0.5, 0.6) is 5.75 Å². The second kappa shape index (κ2) is 19.2. The number of nitrogens with zero attached hydrogens (tertiary/aromatic N) is 6. The third kappa shape index (κ3) is 10.7. The topological polar surface area (TPSA) is 138 Å². The van der Waals surface area contributed by atoms with Gasteiger partial charge in [0.15, 0.2) is 6.10 Å². The zero-order valence-electron chi connectivity index (χ0n) is 33.7. The summed E-state index contributed by atoms with van der Waals surface area (Å²) in [6, 6.07) is 11.8. The maximum Gasteiger partial charge on any atom is 0.410 e. The number of rotatable bonds is 12. The number of phenols is 1. The lowest BCUT2D eigenvalue weighted by Gasteiger charge is -2.43. The molecule has 2 aromatic rings. The molecule has 0 spiro atoms. The number of fused-ring (bicyclic) bond motifs is 1. The number of ether oxygens (including phenoxy) is 2. The number of esters is 1. The monoisotopic (exact) mass is 775 g/mol. The van der Waals surface area contributed by atoms with E-state index in [9.17, 15) is 24.3 Å². The Hall–Kier alpha value is -4.40. The van der Waals surface area contributed by atoms with Crippen LogP contribution < -0.4 is 5.32 Å². The summed E-state index contributed by atoms with van der Waals surface area (Å²) >= 11 is 0. The van der Waals surface area contributed by atoms with Gasteiger partial charge in [-0.1, -0.05) is 30.3 Å². The summed E-state index contributed by atoms with van der Waals surface area (Å²) in [5.74, 6) is -0.156. The first-order valence-electron chi connectivity index (χ1n) is 20.4. The molecule has 2 N–H and O–H groups in total. The lowest BCUT2D eigenvalue weighted by molar-refractivity contribution is -0.145. The Balaban J connectivity index is 1.01. The quantitative estimate of drug-likeness (QED) is 0.243. The van der Waals surface area contributed by atoms with E-state index in [1.165, 1.54) is 0 Å². The van der Waals surface area contributed by atoms with Crippen molar-refractivity contribution in [2.24, 2.45) is 0 Å². The number of hydrogen-bond donors (Lipinski definition) is 2. The normalized spacial score (nSPS) is 19.7. The average Bonchev–Trinajstić information content (AvgIpc) is 3.36. The van der Waals surface area contributed by atoms with Crippen molar-refractivity contribution in [2.45, 2.75) is 77.0 Å². The summed E-state index contributed by atoms with van der Waals surface area (Å²) in [6.45, 7) is 11.2. The molecule has 56 heavy (non-hydrogen) atoms. The third-order valence-corrected chi connectivity index (χ3v) is 11.9. The molecule has 2 aromatic carbocycles. The zero-order chi connectivity index (χ0) is 39.8. The van der Waals surface area contributed by atoms with Crippen molar-refractivity contribution >= 4 is 29.7 Å². The highest BCUT2D eigenvalue weighted by molar-refractivity contribution is 5.91. The number of para-hydroxylation sites is 1. The minimum absolute atomic E-state index is 0.00225. The van der Waals surface area contributed by atoms with Gasteiger partial charge >= 0.3 is 18.1 Å². The number of aromatic hydroxyl groups is 1.